The first-order valence-corrected chi connectivity index (χ1v) is 8.44. The van der Waals surface area contributed by atoms with Gasteiger partial charge in [-0.15, -0.1) is 0 Å². The average molecular weight is 380 g/mol. The molecule has 5 nitrogen and oxygen atoms in total. The van der Waals surface area contributed by atoms with Crippen LogP contribution in [0.2, 0.25) is 0 Å². The standard InChI is InChI=1S/C19H19F3N2O3/c1-27-16-7-4-12(10-23-16)17(13-8-15(25)9-13)24-18(26)11-2-5-14(6-3-11)19(20,21)22/h2-7,10,13,15,17,25H,8-9H2,1H3,(H,24,26)/t13?,15?,17-/m0/s1. The molecule has 0 spiro atoms. The van der Waals surface area contributed by atoms with Gasteiger partial charge in [0.15, 0.2) is 0 Å². The number of aliphatic hydroxyl groups excluding tert-OH is 1. The van der Waals surface area contributed by atoms with Gasteiger partial charge in [-0.05, 0) is 48.6 Å². The van der Waals surface area contributed by atoms with Crippen LogP contribution >= 0.6 is 0 Å². The molecular weight excluding hydrogens is 361 g/mol. The topological polar surface area (TPSA) is 71.5 Å². The smallest absolute Gasteiger partial charge is 0.416 e. The Kier molecular flexibility index (Phi) is 5.36. The molecule has 8 heteroatoms. The highest BCUT2D eigenvalue weighted by molar-refractivity contribution is 5.94. The number of aliphatic hydroxyl groups is 1. The Morgan fingerprint density at radius 3 is 2.37 bits per heavy atom. The zero-order valence-electron chi connectivity index (χ0n) is 14.5. The van der Waals surface area contributed by atoms with E-state index in [9.17, 15) is 23.1 Å². The van der Waals surface area contributed by atoms with Crippen LogP contribution in [-0.4, -0.2) is 29.2 Å². The molecule has 0 bridgehead atoms. The number of benzene rings is 1. The minimum atomic E-state index is -4.45. The molecule has 1 aromatic carbocycles. The molecule has 1 fully saturated rings. The summed E-state index contributed by atoms with van der Waals surface area (Å²) >= 11 is 0. The van der Waals surface area contributed by atoms with E-state index in [2.05, 4.69) is 10.3 Å². The van der Waals surface area contributed by atoms with Crippen molar-refractivity contribution >= 4 is 5.91 Å². The largest absolute Gasteiger partial charge is 0.481 e. The van der Waals surface area contributed by atoms with E-state index in [0.717, 1.165) is 29.8 Å². The minimum Gasteiger partial charge on any atom is -0.481 e. The molecular formula is C19H19F3N2O3. The molecule has 0 radical (unpaired) electrons. The van der Waals surface area contributed by atoms with Crippen LogP contribution in [0.15, 0.2) is 42.6 Å². The Hall–Kier alpha value is -2.61. The van der Waals surface area contributed by atoms with E-state index < -0.39 is 29.8 Å². The quantitative estimate of drug-likeness (QED) is 0.835. The summed E-state index contributed by atoms with van der Waals surface area (Å²) in [5, 5.41) is 12.5. The number of pyridine rings is 1. The summed E-state index contributed by atoms with van der Waals surface area (Å²) in [6.45, 7) is 0. The Labute approximate surface area is 154 Å². The Balaban J connectivity index is 1.77. The van der Waals surface area contributed by atoms with E-state index in [4.69, 9.17) is 4.74 Å². The summed E-state index contributed by atoms with van der Waals surface area (Å²) in [4.78, 5) is 16.7. The number of carbonyl (C=O) groups excluding carboxylic acids is 1. The third-order valence-corrected chi connectivity index (χ3v) is 4.71. The van der Waals surface area contributed by atoms with Crippen molar-refractivity contribution in [2.24, 2.45) is 5.92 Å². The summed E-state index contributed by atoms with van der Waals surface area (Å²) in [5.41, 5.74) is 0.0689. The molecule has 0 aliphatic heterocycles. The van der Waals surface area contributed by atoms with Crippen LogP contribution in [0.4, 0.5) is 13.2 Å². The first-order chi connectivity index (χ1) is 12.8. The first-order valence-electron chi connectivity index (χ1n) is 8.44. The minimum absolute atomic E-state index is 0.0218. The predicted molar refractivity (Wildman–Crippen MR) is 91.2 cm³/mol. The number of rotatable bonds is 5. The SMILES string of the molecule is COc1ccc([C@H](NC(=O)c2ccc(C(F)(F)F)cc2)C2CC(O)C2)cn1. The van der Waals surface area contributed by atoms with Gasteiger partial charge in [-0.2, -0.15) is 13.2 Å². The maximum Gasteiger partial charge on any atom is 0.416 e. The van der Waals surface area contributed by atoms with Crippen molar-refractivity contribution < 1.29 is 27.8 Å². The second-order valence-electron chi connectivity index (χ2n) is 6.55. The number of halogens is 3. The van der Waals surface area contributed by atoms with Crippen molar-refractivity contribution in [3.63, 3.8) is 0 Å². The number of nitrogens with one attached hydrogen (secondary N) is 1. The molecule has 144 valence electrons. The summed E-state index contributed by atoms with van der Waals surface area (Å²) < 4.78 is 43.0. The second-order valence-corrected chi connectivity index (χ2v) is 6.55. The van der Waals surface area contributed by atoms with E-state index in [0.29, 0.717) is 18.7 Å². The lowest BCUT2D eigenvalue weighted by atomic mass is 9.75. The fraction of sp³-hybridized carbons (Fsp3) is 0.368. The molecule has 0 saturated heterocycles. The van der Waals surface area contributed by atoms with Gasteiger partial charge in [0.25, 0.3) is 5.91 Å². The lowest BCUT2D eigenvalue weighted by Crippen LogP contribution is -2.41. The molecule has 1 saturated carbocycles. The van der Waals surface area contributed by atoms with Crippen LogP contribution < -0.4 is 10.1 Å². The van der Waals surface area contributed by atoms with Gasteiger partial charge in [-0.1, -0.05) is 6.07 Å². The Morgan fingerprint density at radius 1 is 1.22 bits per heavy atom. The fourth-order valence-electron chi connectivity index (χ4n) is 3.11. The van der Waals surface area contributed by atoms with Crippen molar-refractivity contribution in [2.45, 2.75) is 31.2 Å². The highest BCUT2D eigenvalue weighted by atomic mass is 19.4. The van der Waals surface area contributed by atoms with Crippen LogP contribution in [0.5, 0.6) is 5.88 Å². The molecule has 2 aromatic rings. The third kappa shape index (κ3) is 4.39. The summed E-state index contributed by atoms with van der Waals surface area (Å²) in [7, 11) is 1.49. The molecule has 1 atom stereocenters. The third-order valence-electron chi connectivity index (χ3n) is 4.71. The monoisotopic (exact) mass is 380 g/mol. The molecule has 1 aliphatic carbocycles. The van der Waals surface area contributed by atoms with E-state index >= 15 is 0 Å². The summed E-state index contributed by atoms with van der Waals surface area (Å²) in [6, 6.07) is 7.10. The fourth-order valence-corrected chi connectivity index (χ4v) is 3.11. The van der Waals surface area contributed by atoms with Gasteiger partial charge in [0.2, 0.25) is 5.88 Å². The first kappa shape index (κ1) is 19.2. The lowest BCUT2D eigenvalue weighted by molar-refractivity contribution is -0.137. The molecule has 27 heavy (non-hydrogen) atoms. The number of amides is 1. The highest BCUT2D eigenvalue weighted by Gasteiger charge is 2.36. The lowest BCUT2D eigenvalue weighted by Gasteiger charge is -2.38. The van der Waals surface area contributed by atoms with Crippen LogP contribution in [0.1, 0.15) is 40.4 Å². The molecule has 1 aromatic heterocycles. The number of hydrogen-bond acceptors (Lipinski definition) is 4. The number of ether oxygens (including phenoxy) is 1. The number of alkyl halides is 3. The number of nitrogens with zero attached hydrogens (tertiary/aromatic N) is 1. The van der Waals surface area contributed by atoms with Crippen molar-refractivity contribution in [2.75, 3.05) is 7.11 Å². The van der Waals surface area contributed by atoms with Crippen LogP contribution in [-0.2, 0) is 6.18 Å². The number of aromatic nitrogens is 1. The van der Waals surface area contributed by atoms with Crippen LogP contribution in [0, 0.1) is 5.92 Å². The predicted octanol–water partition coefficient (Wildman–Crippen LogP) is 3.35. The molecule has 0 unspecified atom stereocenters. The number of methoxy groups -OCH3 is 1. The van der Waals surface area contributed by atoms with E-state index in [-0.39, 0.29) is 11.5 Å². The molecule has 3 rings (SSSR count). The molecule has 2 N–H and O–H groups in total. The van der Waals surface area contributed by atoms with Crippen molar-refractivity contribution in [1.29, 1.82) is 0 Å². The van der Waals surface area contributed by atoms with Gasteiger partial charge >= 0.3 is 6.18 Å². The van der Waals surface area contributed by atoms with E-state index in [1.165, 1.54) is 7.11 Å². The number of carbonyl (C=O) groups is 1. The maximum absolute atomic E-state index is 12.7. The molecule has 1 heterocycles. The summed E-state index contributed by atoms with van der Waals surface area (Å²) in [6.07, 6.45) is -2.21. The van der Waals surface area contributed by atoms with Crippen LogP contribution in [0.25, 0.3) is 0 Å². The van der Waals surface area contributed by atoms with Gasteiger partial charge in [0.05, 0.1) is 24.8 Å². The van der Waals surface area contributed by atoms with Gasteiger partial charge in [-0.25, -0.2) is 4.98 Å². The molecule has 1 amide bonds. The van der Waals surface area contributed by atoms with Gasteiger partial charge in [-0.3, -0.25) is 4.79 Å². The summed E-state index contributed by atoms with van der Waals surface area (Å²) in [5.74, 6) is -0.0280. The highest BCUT2D eigenvalue weighted by Crippen LogP contribution is 2.38. The average Bonchev–Trinajstić information content (AvgIpc) is 2.63. The van der Waals surface area contributed by atoms with Gasteiger partial charge in [0.1, 0.15) is 0 Å². The Morgan fingerprint density at radius 2 is 1.89 bits per heavy atom. The van der Waals surface area contributed by atoms with Crippen molar-refractivity contribution in [1.82, 2.24) is 10.3 Å². The van der Waals surface area contributed by atoms with Crippen LogP contribution in [0.3, 0.4) is 0 Å². The molecule has 1 aliphatic rings. The zero-order valence-corrected chi connectivity index (χ0v) is 14.5. The normalized spacial score (nSPS) is 20.5. The van der Waals surface area contributed by atoms with Gasteiger partial charge in [0, 0.05) is 17.8 Å². The number of hydrogen-bond donors (Lipinski definition) is 2. The van der Waals surface area contributed by atoms with E-state index in [1.807, 2.05) is 0 Å². The Bertz CT molecular complexity index is 785. The zero-order chi connectivity index (χ0) is 19.6. The van der Waals surface area contributed by atoms with Gasteiger partial charge < -0.3 is 15.2 Å². The maximum atomic E-state index is 12.7. The van der Waals surface area contributed by atoms with Crippen molar-refractivity contribution in [3.8, 4) is 5.88 Å². The van der Waals surface area contributed by atoms with E-state index in [1.54, 1.807) is 18.3 Å². The van der Waals surface area contributed by atoms with Crippen molar-refractivity contribution in [3.05, 3.63) is 59.3 Å². The second kappa shape index (κ2) is 7.56.